The summed E-state index contributed by atoms with van der Waals surface area (Å²) in [4.78, 5) is -0.476. The molecule has 0 aliphatic carbocycles. The van der Waals surface area contributed by atoms with E-state index in [4.69, 9.17) is 15.2 Å². The minimum Gasteiger partial charge on any atom is -0.493 e. The van der Waals surface area contributed by atoms with Gasteiger partial charge in [-0.3, -0.25) is 4.31 Å². The number of hydrogen-bond donors (Lipinski definition) is 1. The third-order valence-electron chi connectivity index (χ3n) is 3.99. The molecular formula is C16H17FN2O4S. The second kappa shape index (κ2) is 5.86. The van der Waals surface area contributed by atoms with Gasteiger partial charge in [-0.15, -0.1) is 0 Å². The van der Waals surface area contributed by atoms with Crippen LogP contribution in [0.4, 0.5) is 15.8 Å². The van der Waals surface area contributed by atoms with Crippen LogP contribution in [0.3, 0.4) is 0 Å². The average Bonchev–Trinajstić information content (AvgIpc) is 3.00. The number of para-hydroxylation sites is 1. The van der Waals surface area contributed by atoms with Gasteiger partial charge in [0.05, 0.1) is 25.6 Å². The number of nitrogen functional groups attached to an aromatic ring is 1. The van der Waals surface area contributed by atoms with Crippen molar-refractivity contribution in [1.82, 2.24) is 0 Å². The van der Waals surface area contributed by atoms with Crippen LogP contribution in [0, 0.1) is 5.82 Å². The number of ether oxygens (including phenoxy) is 2. The number of sulfonamides is 1. The molecule has 2 N–H and O–H groups in total. The molecule has 1 aliphatic rings. The Bertz CT molecular complexity index is 899. The first-order valence-corrected chi connectivity index (χ1v) is 8.65. The van der Waals surface area contributed by atoms with Crippen LogP contribution in [0.1, 0.15) is 5.56 Å². The van der Waals surface area contributed by atoms with Gasteiger partial charge in [0.2, 0.25) is 0 Å². The summed E-state index contributed by atoms with van der Waals surface area (Å²) in [7, 11) is -1.41. The minimum atomic E-state index is -4.12. The van der Waals surface area contributed by atoms with E-state index in [0.29, 0.717) is 17.8 Å². The first-order chi connectivity index (χ1) is 11.4. The maximum Gasteiger partial charge on any atom is 0.267 e. The molecule has 0 spiro atoms. The summed E-state index contributed by atoms with van der Waals surface area (Å²) >= 11 is 0. The molecule has 128 valence electrons. The van der Waals surface area contributed by atoms with Crippen molar-refractivity contribution in [3.63, 3.8) is 0 Å². The third kappa shape index (κ3) is 2.43. The summed E-state index contributed by atoms with van der Waals surface area (Å²) < 4.78 is 51.6. The number of fused-ring (bicyclic) bond motifs is 1. The van der Waals surface area contributed by atoms with Gasteiger partial charge in [-0.2, -0.15) is 0 Å². The van der Waals surface area contributed by atoms with Crippen molar-refractivity contribution in [1.29, 1.82) is 0 Å². The van der Waals surface area contributed by atoms with Crippen molar-refractivity contribution in [2.24, 2.45) is 0 Å². The molecule has 3 rings (SSSR count). The molecule has 24 heavy (non-hydrogen) atoms. The quantitative estimate of drug-likeness (QED) is 0.853. The molecule has 6 nitrogen and oxygen atoms in total. The van der Waals surface area contributed by atoms with E-state index in [0.717, 1.165) is 22.0 Å². The van der Waals surface area contributed by atoms with Crippen LogP contribution >= 0.6 is 0 Å². The van der Waals surface area contributed by atoms with Crippen LogP contribution in [0.2, 0.25) is 0 Å². The first kappa shape index (κ1) is 16.4. The summed E-state index contributed by atoms with van der Waals surface area (Å²) in [6, 6.07) is 7.32. The van der Waals surface area contributed by atoms with Gasteiger partial charge >= 0.3 is 0 Å². The largest absolute Gasteiger partial charge is 0.493 e. The zero-order chi connectivity index (χ0) is 17.5. The Balaban J connectivity index is 2.14. The first-order valence-electron chi connectivity index (χ1n) is 7.21. The second-order valence-electron chi connectivity index (χ2n) is 5.32. The zero-order valence-electron chi connectivity index (χ0n) is 13.2. The molecule has 0 bridgehead atoms. The highest BCUT2D eigenvalue weighted by Gasteiger charge is 2.35. The maximum atomic E-state index is 14.4. The number of anilines is 2. The van der Waals surface area contributed by atoms with Gasteiger partial charge in [-0.05, 0) is 18.1 Å². The van der Waals surface area contributed by atoms with Gasteiger partial charge in [0, 0.05) is 18.7 Å². The summed E-state index contributed by atoms with van der Waals surface area (Å²) in [6.07, 6.45) is 0.522. The van der Waals surface area contributed by atoms with Crippen LogP contribution in [0.25, 0.3) is 0 Å². The lowest BCUT2D eigenvalue weighted by molar-refractivity contribution is 0.350. The lowest BCUT2D eigenvalue weighted by Crippen LogP contribution is -2.30. The Morgan fingerprint density at radius 1 is 1.17 bits per heavy atom. The molecule has 1 heterocycles. The molecular weight excluding hydrogens is 335 g/mol. The topological polar surface area (TPSA) is 81.9 Å². The Morgan fingerprint density at radius 3 is 2.50 bits per heavy atom. The van der Waals surface area contributed by atoms with Crippen LogP contribution < -0.4 is 19.5 Å². The highest BCUT2D eigenvalue weighted by Crippen LogP contribution is 2.39. The maximum absolute atomic E-state index is 14.4. The minimum absolute atomic E-state index is 0.121. The Morgan fingerprint density at radius 2 is 1.83 bits per heavy atom. The lowest BCUT2D eigenvalue weighted by atomic mass is 10.1. The molecule has 0 fully saturated rings. The van der Waals surface area contributed by atoms with E-state index in [1.807, 2.05) is 6.07 Å². The van der Waals surface area contributed by atoms with E-state index >= 15 is 0 Å². The van der Waals surface area contributed by atoms with Gasteiger partial charge in [-0.1, -0.05) is 12.1 Å². The summed E-state index contributed by atoms with van der Waals surface area (Å²) in [5.74, 6) is -0.649. The molecule has 2 aromatic rings. The molecule has 8 heteroatoms. The zero-order valence-corrected chi connectivity index (χ0v) is 14.1. The highest BCUT2D eigenvalue weighted by atomic mass is 32.2. The van der Waals surface area contributed by atoms with Crippen LogP contribution in [0.15, 0.2) is 35.2 Å². The van der Waals surface area contributed by atoms with Crippen molar-refractivity contribution in [3.05, 3.63) is 41.7 Å². The Labute approximate surface area is 139 Å². The summed E-state index contributed by atoms with van der Waals surface area (Å²) in [5.41, 5.74) is 7.50. The van der Waals surface area contributed by atoms with Crippen molar-refractivity contribution in [2.75, 3.05) is 30.8 Å². The standard InChI is InChI=1S/C16H17FN2O4S/c1-22-13-8-11(17)15(9-14(13)23-2)24(20,21)19-7-6-10-4-3-5-12(18)16(10)19/h3-5,8-9H,6-7,18H2,1-2H3. The summed E-state index contributed by atoms with van der Waals surface area (Å²) in [6.45, 7) is 0.208. The van der Waals surface area contributed by atoms with Gasteiger partial charge in [0.1, 0.15) is 10.7 Å². The monoisotopic (exact) mass is 352 g/mol. The number of nitrogens with two attached hydrogens (primary N) is 1. The summed E-state index contributed by atoms with van der Waals surface area (Å²) in [5, 5.41) is 0. The fourth-order valence-corrected chi connectivity index (χ4v) is 4.44. The fourth-order valence-electron chi connectivity index (χ4n) is 2.84. The predicted octanol–water partition coefficient (Wildman–Crippen LogP) is 2.18. The van der Waals surface area contributed by atoms with E-state index in [-0.39, 0.29) is 18.0 Å². The molecule has 0 saturated heterocycles. The molecule has 0 amide bonds. The Hall–Kier alpha value is -2.48. The SMILES string of the molecule is COc1cc(F)c(S(=O)(=O)N2CCc3cccc(N)c32)cc1OC. The van der Waals surface area contributed by atoms with Crippen LogP contribution in [0.5, 0.6) is 11.5 Å². The van der Waals surface area contributed by atoms with E-state index in [9.17, 15) is 12.8 Å². The molecule has 0 atom stereocenters. The number of hydrogen-bond acceptors (Lipinski definition) is 5. The number of methoxy groups -OCH3 is 2. The molecule has 0 radical (unpaired) electrons. The van der Waals surface area contributed by atoms with Crippen LogP contribution in [-0.4, -0.2) is 29.2 Å². The molecule has 2 aromatic carbocycles. The lowest BCUT2D eigenvalue weighted by Gasteiger charge is -2.22. The number of halogens is 1. The van der Waals surface area contributed by atoms with E-state index in [1.165, 1.54) is 14.2 Å². The molecule has 1 aliphatic heterocycles. The fraction of sp³-hybridized carbons (Fsp3) is 0.250. The number of nitrogens with zero attached hydrogens (tertiary/aromatic N) is 1. The second-order valence-corrected chi connectivity index (χ2v) is 7.15. The molecule has 0 saturated carbocycles. The van der Waals surface area contributed by atoms with E-state index in [1.54, 1.807) is 12.1 Å². The number of benzene rings is 2. The smallest absolute Gasteiger partial charge is 0.267 e. The van der Waals surface area contributed by atoms with Crippen molar-refractivity contribution in [2.45, 2.75) is 11.3 Å². The predicted molar refractivity (Wildman–Crippen MR) is 88.6 cm³/mol. The van der Waals surface area contributed by atoms with Gasteiger partial charge in [-0.25, -0.2) is 12.8 Å². The van der Waals surface area contributed by atoms with Gasteiger partial charge in [0.15, 0.2) is 11.5 Å². The Kier molecular flexibility index (Phi) is 4.00. The van der Waals surface area contributed by atoms with E-state index in [2.05, 4.69) is 0 Å². The van der Waals surface area contributed by atoms with Crippen molar-refractivity contribution >= 4 is 21.4 Å². The average molecular weight is 352 g/mol. The van der Waals surface area contributed by atoms with Crippen LogP contribution in [-0.2, 0) is 16.4 Å². The van der Waals surface area contributed by atoms with E-state index < -0.39 is 20.7 Å². The van der Waals surface area contributed by atoms with Crippen molar-refractivity contribution < 1.29 is 22.3 Å². The van der Waals surface area contributed by atoms with Gasteiger partial charge in [0.25, 0.3) is 10.0 Å². The van der Waals surface area contributed by atoms with Crippen molar-refractivity contribution in [3.8, 4) is 11.5 Å². The molecule has 0 aromatic heterocycles. The molecule has 0 unspecified atom stereocenters. The highest BCUT2D eigenvalue weighted by molar-refractivity contribution is 7.92. The number of rotatable bonds is 4. The third-order valence-corrected chi connectivity index (χ3v) is 5.80. The van der Waals surface area contributed by atoms with Gasteiger partial charge < -0.3 is 15.2 Å². The normalized spacial score (nSPS) is 13.7.